The summed E-state index contributed by atoms with van der Waals surface area (Å²) in [6.07, 6.45) is 11.4. The van der Waals surface area contributed by atoms with Gasteiger partial charge in [0, 0.05) is 36.0 Å². The maximum atomic E-state index is 12.4. The summed E-state index contributed by atoms with van der Waals surface area (Å²) in [5.41, 5.74) is 11.8. The number of hydrogen-bond donors (Lipinski definition) is 4. The zero-order chi connectivity index (χ0) is 18.5. The second-order valence-corrected chi connectivity index (χ2v) is 8.79. The summed E-state index contributed by atoms with van der Waals surface area (Å²) < 4.78 is 0. The van der Waals surface area contributed by atoms with Gasteiger partial charge < -0.3 is 22.1 Å². The molecule has 6 nitrogen and oxygen atoms in total. The van der Waals surface area contributed by atoms with Gasteiger partial charge in [-0.15, -0.1) is 0 Å². The fourth-order valence-electron chi connectivity index (χ4n) is 4.78. The molecular formula is C20H36N4O2. The maximum absolute atomic E-state index is 12.4. The summed E-state index contributed by atoms with van der Waals surface area (Å²) in [5.74, 6) is 0.709. The van der Waals surface area contributed by atoms with Crippen molar-refractivity contribution in [2.75, 3.05) is 0 Å². The van der Waals surface area contributed by atoms with Crippen molar-refractivity contribution in [3.05, 3.63) is 0 Å². The van der Waals surface area contributed by atoms with Crippen LogP contribution in [0.5, 0.6) is 0 Å². The summed E-state index contributed by atoms with van der Waals surface area (Å²) in [6, 6.07) is 1.08. The van der Waals surface area contributed by atoms with Gasteiger partial charge in [-0.25, -0.2) is 0 Å². The van der Waals surface area contributed by atoms with E-state index < -0.39 is 0 Å². The van der Waals surface area contributed by atoms with Crippen LogP contribution in [-0.4, -0.2) is 36.0 Å². The lowest BCUT2D eigenvalue weighted by Gasteiger charge is -2.33. The molecule has 26 heavy (non-hydrogen) atoms. The Morgan fingerprint density at radius 1 is 0.538 bits per heavy atom. The average Bonchev–Trinajstić information content (AvgIpc) is 2.64. The van der Waals surface area contributed by atoms with Crippen LogP contribution in [0.2, 0.25) is 0 Å². The first kappa shape index (κ1) is 19.6. The van der Waals surface area contributed by atoms with Crippen molar-refractivity contribution in [1.29, 1.82) is 0 Å². The van der Waals surface area contributed by atoms with E-state index in [-0.39, 0.29) is 47.8 Å². The van der Waals surface area contributed by atoms with E-state index in [4.69, 9.17) is 11.5 Å². The summed E-state index contributed by atoms with van der Waals surface area (Å²) >= 11 is 0. The monoisotopic (exact) mass is 364 g/mol. The molecule has 0 saturated heterocycles. The van der Waals surface area contributed by atoms with Crippen LogP contribution in [0.3, 0.4) is 0 Å². The fraction of sp³-hybridized carbons (Fsp3) is 0.900. The predicted octanol–water partition coefficient (Wildman–Crippen LogP) is 1.57. The predicted molar refractivity (Wildman–Crippen MR) is 102 cm³/mol. The van der Waals surface area contributed by atoms with E-state index in [2.05, 4.69) is 10.6 Å². The third kappa shape index (κ3) is 5.43. The largest absolute Gasteiger partial charge is 0.353 e. The highest BCUT2D eigenvalue weighted by Crippen LogP contribution is 2.26. The van der Waals surface area contributed by atoms with Gasteiger partial charge >= 0.3 is 0 Å². The number of amides is 2. The molecule has 3 aliphatic carbocycles. The second-order valence-electron chi connectivity index (χ2n) is 8.79. The first-order valence-corrected chi connectivity index (χ1v) is 10.6. The van der Waals surface area contributed by atoms with Crippen LogP contribution in [0.4, 0.5) is 0 Å². The minimum atomic E-state index is 0.143. The van der Waals surface area contributed by atoms with Crippen molar-refractivity contribution < 1.29 is 9.59 Å². The molecule has 0 spiro atoms. The van der Waals surface area contributed by atoms with E-state index in [1.165, 1.54) is 0 Å². The highest BCUT2D eigenvalue weighted by molar-refractivity contribution is 5.79. The first-order valence-electron chi connectivity index (χ1n) is 10.6. The van der Waals surface area contributed by atoms with E-state index in [0.717, 1.165) is 77.0 Å². The van der Waals surface area contributed by atoms with Crippen molar-refractivity contribution in [3.63, 3.8) is 0 Å². The molecule has 0 aromatic rings. The van der Waals surface area contributed by atoms with Gasteiger partial charge in [0.2, 0.25) is 11.8 Å². The third-order valence-electron chi connectivity index (χ3n) is 6.71. The van der Waals surface area contributed by atoms with E-state index >= 15 is 0 Å². The Balaban J connectivity index is 1.35. The van der Waals surface area contributed by atoms with Crippen molar-refractivity contribution in [2.45, 2.75) is 101 Å². The molecule has 0 aromatic carbocycles. The fourth-order valence-corrected chi connectivity index (χ4v) is 4.78. The van der Waals surface area contributed by atoms with Crippen LogP contribution in [0, 0.1) is 11.8 Å². The molecule has 3 rings (SSSR count). The van der Waals surface area contributed by atoms with E-state index in [0.29, 0.717) is 0 Å². The van der Waals surface area contributed by atoms with Crippen LogP contribution in [0.1, 0.15) is 77.0 Å². The minimum Gasteiger partial charge on any atom is -0.353 e. The molecule has 148 valence electrons. The molecule has 0 bridgehead atoms. The number of rotatable bonds is 4. The van der Waals surface area contributed by atoms with Gasteiger partial charge in [0.05, 0.1) is 0 Å². The Labute approximate surface area is 157 Å². The SMILES string of the molecule is NC1CCC(C(=O)NC2CCC(NC(=O)C3CCC(N)CC3)CC2)CC1. The average molecular weight is 365 g/mol. The maximum Gasteiger partial charge on any atom is 0.223 e. The summed E-state index contributed by atoms with van der Waals surface area (Å²) in [7, 11) is 0. The number of carbonyl (C=O) groups excluding carboxylic acids is 2. The zero-order valence-corrected chi connectivity index (χ0v) is 15.9. The van der Waals surface area contributed by atoms with E-state index in [1.54, 1.807) is 0 Å². The Hall–Kier alpha value is -1.14. The Kier molecular flexibility index (Phi) is 6.92. The summed E-state index contributed by atoms with van der Waals surface area (Å²) in [4.78, 5) is 24.9. The van der Waals surface area contributed by atoms with Crippen LogP contribution in [0.25, 0.3) is 0 Å². The van der Waals surface area contributed by atoms with Crippen molar-refractivity contribution in [1.82, 2.24) is 10.6 Å². The molecular weight excluding hydrogens is 328 g/mol. The quantitative estimate of drug-likeness (QED) is 0.607. The van der Waals surface area contributed by atoms with Crippen molar-refractivity contribution >= 4 is 11.8 Å². The minimum absolute atomic E-state index is 0.143. The topological polar surface area (TPSA) is 110 Å². The molecule has 6 heteroatoms. The summed E-state index contributed by atoms with van der Waals surface area (Å²) in [5, 5.41) is 6.48. The molecule has 6 N–H and O–H groups in total. The number of hydrogen-bond acceptors (Lipinski definition) is 4. The zero-order valence-electron chi connectivity index (χ0n) is 15.9. The molecule has 3 fully saturated rings. The van der Waals surface area contributed by atoms with E-state index in [9.17, 15) is 9.59 Å². The highest BCUT2D eigenvalue weighted by atomic mass is 16.2. The van der Waals surface area contributed by atoms with Crippen molar-refractivity contribution in [3.8, 4) is 0 Å². The van der Waals surface area contributed by atoms with Gasteiger partial charge in [0.1, 0.15) is 0 Å². The van der Waals surface area contributed by atoms with Crippen LogP contribution in [-0.2, 0) is 9.59 Å². The van der Waals surface area contributed by atoms with Gasteiger partial charge in [-0.1, -0.05) is 0 Å². The molecule has 0 aliphatic heterocycles. The molecule has 2 amide bonds. The molecule has 0 heterocycles. The molecule has 0 atom stereocenters. The van der Waals surface area contributed by atoms with Crippen molar-refractivity contribution in [2.24, 2.45) is 23.3 Å². The number of nitrogens with one attached hydrogen (secondary N) is 2. The molecule has 0 unspecified atom stereocenters. The van der Waals surface area contributed by atoms with Crippen LogP contribution in [0.15, 0.2) is 0 Å². The van der Waals surface area contributed by atoms with Gasteiger partial charge in [-0.2, -0.15) is 0 Å². The molecule has 3 saturated carbocycles. The lowest BCUT2D eigenvalue weighted by molar-refractivity contribution is -0.128. The lowest BCUT2D eigenvalue weighted by Crippen LogP contribution is -2.47. The van der Waals surface area contributed by atoms with Crippen LogP contribution < -0.4 is 22.1 Å². The standard InChI is InChI=1S/C20H36N4O2/c21-15-5-1-13(2-6-15)19(25)23-17-9-11-18(12-10-17)24-20(26)14-3-7-16(22)8-4-14/h13-18H,1-12,21-22H2,(H,23,25)(H,24,26). The number of carbonyl (C=O) groups is 2. The normalized spacial score (nSPS) is 38.4. The molecule has 0 aromatic heterocycles. The first-order chi connectivity index (χ1) is 12.5. The Bertz CT molecular complexity index is 430. The van der Waals surface area contributed by atoms with Gasteiger partial charge in [0.25, 0.3) is 0 Å². The smallest absolute Gasteiger partial charge is 0.223 e. The highest BCUT2D eigenvalue weighted by Gasteiger charge is 2.30. The number of nitrogens with two attached hydrogens (primary N) is 2. The van der Waals surface area contributed by atoms with Gasteiger partial charge in [-0.05, 0) is 77.0 Å². The lowest BCUT2D eigenvalue weighted by atomic mass is 9.84. The van der Waals surface area contributed by atoms with Gasteiger partial charge in [0.15, 0.2) is 0 Å². The third-order valence-corrected chi connectivity index (χ3v) is 6.71. The van der Waals surface area contributed by atoms with E-state index in [1.807, 2.05) is 0 Å². The van der Waals surface area contributed by atoms with Gasteiger partial charge in [-0.3, -0.25) is 9.59 Å². The Morgan fingerprint density at radius 2 is 0.846 bits per heavy atom. The van der Waals surface area contributed by atoms with Crippen LogP contribution >= 0.6 is 0 Å². The Morgan fingerprint density at radius 3 is 1.15 bits per heavy atom. The molecule has 0 radical (unpaired) electrons. The summed E-state index contributed by atoms with van der Waals surface area (Å²) in [6.45, 7) is 0. The molecule has 3 aliphatic rings. The second kappa shape index (κ2) is 9.18.